The van der Waals surface area contributed by atoms with Crippen LogP contribution in [0.15, 0.2) is 66.7 Å². The lowest BCUT2D eigenvalue weighted by atomic mass is 10.1. The molecule has 0 fully saturated rings. The van der Waals surface area contributed by atoms with Crippen LogP contribution in [0.25, 0.3) is 0 Å². The summed E-state index contributed by atoms with van der Waals surface area (Å²) in [4.78, 5) is 0. The van der Waals surface area contributed by atoms with Gasteiger partial charge in [0, 0.05) is 10.6 Å². The summed E-state index contributed by atoms with van der Waals surface area (Å²) in [7, 11) is -1.29. The van der Waals surface area contributed by atoms with Gasteiger partial charge >= 0.3 is 0 Å². The van der Waals surface area contributed by atoms with Crippen molar-refractivity contribution in [3.63, 3.8) is 0 Å². The second kappa shape index (κ2) is 7.95. The first kappa shape index (κ1) is 17.9. The second-order valence-electron chi connectivity index (χ2n) is 5.52. The summed E-state index contributed by atoms with van der Waals surface area (Å²) in [6.45, 7) is 0. The third kappa shape index (κ3) is 3.27. The van der Waals surface area contributed by atoms with Crippen LogP contribution >= 0.6 is 7.92 Å². The molecule has 0 atom stereocenters. The molecule has 27 heavy (non-hydrogen) atoms. The molecule has 0 radical (unpaired) electrons. The van der Waals surface area contributed by atoms with Gasteiger partial charge in [0.2, 0.25) is 0 Å². The normalized spacial score (nSPS) is 9.67. The van der Waals surface area contributed by atoms with Crippen molar-refractivity contribution in [2.24, 2.45) is 0 Å². The average Bonchev–Trinajstić information content (AvgIpc) is 2.74. The van der Waals surface area contributed by atoms with Crippen molar-refractivity contribution >= 4 is 23.8 Å². The second-order valence-corrected chi connectivity index (χ2v) is 7.67. The third-order valence-electron chi connectivity index (χ3n) is 4.05. The Balaban J connectivity index is 2.40. The van der Waals surface area contributed by atoms with Crippen molar-refractivity contribution in [3.05, 3.63) is 89.0 Å². The summed E-state index contributed by atoms with van der Waals surface area (Å²) in [5.41, 5.74) is 1.21. The first-order valence-electron chi connectivity index (χ1n) is 7.96. The van der Waals surface area contributed by atoms with Crippen molar-refractivity contribution in [3.8, 4) is 24.3 Å². The van der Waals surface area contributed by atoms with Crippen LogP contribution in [-0.4, -0.2) is 0 Å². The fraction of sp³-hybridized carbons (Fsp3) is 0. The number of nitrogens with zero attached hydrogens (tertiary/aromatic N) is 4. The molecule has 0 aliphatic heterocycles. The average molecular weight is 362 g/mol. The molecule has 0 amide bonds. The van der Waals surface area contributed by atoms with E-state index in [4.69, 9.17) is 0 Å². The number of hydrogen-bond acceptors (Lipinski definition) is 4. The summed E-state index contributed by atoms with van der Waals surface area (Å²) in [6.07, 6.45) is 0. The van der Waals surface area contributed by atoms with Gasteiger partial charge in [-0.3, -0.25) is 0 Å². The molecular formula is C22H11N4P. The highest BCUT2D eigenvalue weighted by Gasteiger charge is 2.25. The number of benzene rings is 3. The molecule has 0 aliphatic carbocycles. The molecule has 0 aromatic heterocycles. The van der Waals surface area contributed by atoms with Crippen LogP contribution in [0.1, 0.15) is 22.3 Å². The smallest absolute Gasteiger partial charge is 0.101 e. The van der Waals surface area contributed by atoms with Gasteiger partial charge in [0.15, 0.2) is 0 Å². The van der Waals surface area contributed by atoms with Gasteiger partial charge in [0.1, 0.15) is 24.3 Å². The topological polar surface area (TPSA) is 95.2 Å². The lowest BCUT2D eigenvalue weighted by Gasteiger charge is -2.22. The van der Waals surface area contributed by atoms with E-state index in [2.05, 4.69) is 24.3 Å². The Labute approximate surface area is 158 Å². The van der Waals surface area contributed by atoms with Crippen LogP contribution < -0.4 is 15.9 Å². The molecule has 3 aromatic carbocycles. The van der Waals surface area contributed by atoms with Crippen LogP contribution in [0, 0.1) is 45.3 Å². The lowest BCUT2D eigenvalue weighted by molar-refractivity contribution is 1.44. The van der Waals surface area contributed by atoms with E-state index in [1.54, 1.807) is 24.3 Å². The zero-order valence-electron chi connectivity index (χ0n) is 14.1. The first-order chi connectivity index (χ1) is 13.2. The van der Waals surface area contributed by atoms with Crippen molar-refractivity contribution in [2.45, 2.75) is 0 Å². The molecule has 0 saturated heterocycles. The Bertz CT molecular complexity index is 1100. The highest BCUT2D eigenvalue weighted by Crippen LogP contribution is 2.36. The molecular weight excluding hydrogens is 351 g/mol. The number of nitriles is 4. The van der Waals surface area contributed by atoms with E-state index in [9.17, 15) is 21.0 Å². The van der Waals surface area contributed by atoms with Gasteiger partial charge in [-0.05, 0) is 25.4 Å². The van der Waals surface area contributed by atoms with Gasteiger partial charge in [0.25, 0.3) is 0 Å². The summed E-state index contributed by atoms with van der Waals surface area (Å²) >= 11 is 0. The van der Waals surface area contributed by atoms with Crippen molar-refractivity contribution in [2.75, 3.05) is 0 Å². The van der Waals surface area contributed by atoms with Crippen LogP contribution in [-0.2, 0) is 0 Å². The first-order valence-corrected chi connectivity index (χ1v) is 9.31. The van der Waals surface area contributed by atoms with Gasteiger partial charge in [0.05, 0.1) is 22.3 Å². The quantitative estimate of drug-likeness (QED) is 0.669. The summed E-state index contributed by atoms with van der Waals surface area (Å²) in [5.74, 6) is 0. The van der Waals surface area contributed by atoms with Gasteiger partial charge in [-0.1, -0.05) is 54.6 Å². The minimum absolute atomic E-state index is 0.299. The molecule has 0 saturated carbocycles. The zero-order valence-corrected chi connectivity index (χ0v) is 15.0. The molecule has 4 nitrogen and oxygen atoms in total. The maximum atomic E-state index is 9.69. The molecule has 5 heteroatoms. The Morgan fingerprint density at radius 3 is 1.41 bits per heavy atom. The van der Waals surface area contributed by atoms with E-state index < -0.39 is 7.92 Å². The Morgan fingerprint density at radius 2 is 1.00 bits per heavy atom. The zero-order chi connectivity index (χ0) is 19.2. The summed E-state index contributed by atoms with van der Waals surface area (Å²) < 4.78 is 0. The molecule has 0 N–H and O–H groups in total. The van der Waals surface area contributed by atoms with Gasteiger partial charge < -0.3 is 0 Å². The molecule has 0 spiro atoms. The summed E-state index contributed by atoms with van der Waals surface area (Å²) in [6, 6.07) is 28.3. The lowest BCUT2D eigenvalue weighted by Crippen LogP contribution is -2.25. The van der Waals surface area contributed by atoms with Gasteiger partial charge in [-0.15, -0.1) is 0 Å². The largest absolute Gasteiger partial charge is 0.192 e. The van der Waals surface area contributed by atoms with Gasteiger partial charge in [-0.2, -0.15) is 21.0 Å². The van der Waals surface area contributed by atoms with Crippen molar-refractivity contribution in [1.29, 1.82) is 21.0 Å². The van der Waals surface area contributed by atoms with E-state index in [-0.39, 0.29) is 0 Å². The van der Waals surface area contributed by atoms with Crippen LogP contribution in [0.5, 0.6) is 0 Å². The molecule has 124 valence electrons. The van der Waals surface area contributed by atoms with Crippen LogP contribution in [0.4, 0.5) is 0 Å². The van der Waals surface area contributed by atoms with E-state index >= 15 is 0 Å². The van der Waals surface area contributed by atoms with Crippen LogP contribution in [0.3, 0.4) is 0 Å². The highest BCUT2D eigenvalue weighted by molar-refractivity contribution is 7.80. The fourth-order valence-electron chi connectivity index (χ4n) is 2.86. The molecule has 0 unspecified atom stereocenters. The molecule has 3 aromatic rings. The van der Waals surface area contributed by atoms with E-state index in [1.165, 1.54) is 0 Å². The minimum atomic E-state index is -1.29. The monoisotopic (exact) mass is 362 g/mol. The molecule has 0 heterocycles. The third-order valence-corrected chi connectivity index (χ3v) is 6.57. The van der Waals surface area contributed by atoms with Crippen LogP contribution in [0.2, 0.25) is 0 Å². The van der Waals surface area contributed by atoms with E-state index in [1.807, 2.05) is 42.5 Å². The maximum absolute atomic E-state index is 9.69. The van der Waals surface area contributed by atoms with Crippen molar-refractivity contribution in [1.82, 2.24) is 0 Å². The Kier molecular flexibility index (Phi) is 5.26. The number of rotatable bonds is 3. The van der Waals surface area contributed by atoms with Gasteiger partial charge in [-0.25, -0.2) is 0 Å². The molecule has 0 aliphatic rings. The number of hydrogen-bond donors (Lipinski definition) is 0. The van der Waals surface area contributed by atoms with Crippen molar-refractivity contribution < 1.29 is 0 Å². The molecule has 3 rings (SSSR count). The fourth-order valence-corrected chi connectivity index (χ4v) is 5.40. The molecule has 0 bridgehead atoms. The van der Waals surface area contributed by atoms with E-state index in [0.717, 1.165) is 5.30 Å². The highest BCUT2D eigenvalue weighted by atomic mass is 31.1. The predicted molar refractivity (Wildman–Crippen MR) is 104 cm³/mol. The Hall–Kier alpha value is -3.95. The predicted octanol–water partition coefficient (Wildman–Crippen LogP) is 2.93. The standard InChI is InChI=1S/C22H11N4P/c23-12-16-6-4-10-21(19(16)14-25)27(18-8-2-1-3-9-18)22-11-5-7-17(13-24)20(22)15-26/h1-11H. The SMILES string of the molecule is N#Cc1cccc(P(c2ccccc2)c2cccc(C#N)c2C#N)c1C#N. The minimum Gasteiger partial charge on any atom is -0.192 e. The van der Waals surface area contributed by atoms with E-state index in [0.29, 0.717) is 32.9 Å². The Morgan fingerprint density at radius 1 is 0.519 bits per heavy atom. The summed E-state index contributed by atoms with van der Waals surface area (Å²) in [5, 5.41) is 40.5. The maximum Gasteiger partial charge on any atom is 0.101 e.